The molecule has 1 heterocycles. The Morgan fingerprint density at radius 1 is 1.42 bits per heavy atom. The number of likely N-dealkylation sites (tertiary alicyclic amines) is 1. The van der Waals surface area contributed by atoms with Gasteiger partial charge in [0.05, 0.1) is 5.56 Å². The van der Waals surface area contributed by atoms with Crippen molar-refractivity contribution in [1.82, 2.24) is 4.90 Å². The summed E-state index contributed by atoms with van der Waals surface area (Å²) in [6.45, 7) is 2.01. The number of nitrogens with two attached hydrogens (primary N) is 1. The van der Waals surface area contributed by atoms with Crippen molar-refractivity contribution < 1.29 is 9.18 Å². The molecule has 3 nitrogen and oxygen atoms in total. The van der Waals surface area contributed by atoms with Crippen LogP contribution in [0.25, 0.3) is 0 Å². The van der Waals surface area contributed by atoms with Gasteiger partial charge in [-0.3, -0.25) is 4.79 Å². The van der Waals surface area contributed by atoms with Crippen LogP contribution in [0.4, 0.5) is 4.39 Å². The molecule has 0 bridgehead atoms. The van der Waals surface area contributed by atoms with Crippen LogP contribution in [0.5, 0.6) is 0 Å². The molecule has 0 radical (unpaired) electrons. The second kappa shape index (κ2) is 6.35. The number of carbonyl (C=O) groups excluding carboxylic acids is 1. The fourth-order valence-electron chi connectivity index (χ4n) is 2.49. The molecule has 2 N–H and O–H groups in total. The first-order valence-electron chi connectivity index (χ1n) is 6.56. The monoisotopic (exact) mass is 284 g/mol. The lowest BCUT2D eigenvalue weighted by atomic mass is 9.93. The number of halogens is 2. The third-order valence-electron chi connectivity index (χ3n) is 3.64. The van der Waals surface area contributed by atoms with Gasteiger partial charge in [-0.15, -0.1) is 0 Å². The summed E-state index contributed by atoms with van der Waals surface area (Å²) in [6.07, 6.45) is 2.86. The normalized spacial score (nSPS) is 16.7. The SMILES string of the molecule is NCCC1CCN(C(=O)c2cc(Cl)ccc2F)CC1. The van der Waals surface area contributed by atoms with Crippen LogP contribution >= 0.6 is 11.6 Å². The summed E-state index contributed by atoms with van der Waals surface area (Å²) in [6, 6.07) is 4.07. The van der Waals surface area contributed by atoms with Crippen molar-refractivity contribution in [3.8, 4) is 0 Å². The number of hydrogen-bond acceptors (Lipinski definition) is 2. The Balaban J connectivity index is 2.03. The molecule has 5 heteroatoms. The van der Waals surface area contributed by atoms with Gasteiger partial charge in [-0.1, -0.05) is 11.6 Å². The molecule has 1 aliphatic heterocycles. The zero-order valence-electron chi connectivity index (χ0n) is 10.7. The van der Waals surface area contributed by atoms with E-state index < -0.39 is 5.82 Å². The second-order valence-corrected chi connectivity index (χ2v) is 5.37. The lowest BCUT2D eigenvalue weighted by Crippen LogP contribution is -2.39. The standard InChI is InChI=1S/C14H18ClFN2O/c15-11-1-2-13(16)12(9-11)14(19)18-7-4-10(3-6-17)5-8-18/h1-2,9-10H,3-8,17H2. The summed E-state index contributed by atoms with van der Waals surface area (Å²) in [5.74, 6) is -0.206. The topological polar surface area (TPSA) is 46.3 Å². The Hall–Kier alpha value is -1.13. The molecule has 0 saturated carbocycles. The quantitative estimate of drug-likeness (QED) is 0.927. The van der Waals surface area contributed by atoms with Crippen molar-refractivity contribution in [3.63, 3.8) is 0 Å². The van der Waals surface area contributed by atoms with Gasteiger partial charge in [0.15, 0.2) is 0 Å². The number of amides is 1. The summed E-state index contributed by atoms with van der Waals surface area (Å²) in [4.78, 5) is 13.9. The zero-order chi connectivity index (χ0) is 13.8. The van der Waals surface area contributed by atoms with Crippen LogP contribution in [0.3, 0.4) is 0 Å². The van der Waals surface area contributed by atoms with Gasteiger partial charge in [-0.2, -0.15) is 0 Å². The number of carbonyl (C=O) groups is 1. The molecule has 0 aromatic heterocycles. The van der Waals surface area contributed by atoms with Crippen LogP contribution in [-0.2, 0) is 0 Å². The van der Waals surface area contributed by atoms with Gasteiger partial charge in [0, 0.05) is 18.1 Å². The van der Waals surface area contributed by atoms with Gasteiger partial charge in [0.1, 0.15) is 5.82 Å². The highest BCUT2D eigenvalue weighted by atomic mass is 35.5. The van der Waals surface area contributed by atoms with Crippen molar-refractivity contribution in [2.45, 2.75) is 19.3 Å². The van der Waals surface area contributed by atoms with Crippen LogP contribution in [0.2, 0.25) is 5.02 Å². The predicted octanol–water partition coefficient (Wildman–Crippen LogP) is 2.68. The van der Waals surface area contributed by atoms with Gasteiger partial charge in [-0.05, 0) is 49.9 Å². The molecule has 1 amide bonds. The third-order valence-corrected chi connectivity index (χ3v) is 3.87. The first-order valence-corrected chi connectivity index (χ1v) is 6.94. The number of piperidine rings is 1. The maximum Gasteiger partial charge on any atom is 0.256 e. The third kappa shape index (κ3) is 3.45. The van der Waals surface area contributed by atoms with E-state index in [4.69, 9.17) is 17.3 Å². The Kier molecular flexibility index (Phi) is 4.77. The minimum atomic E-state index is -0.515. The molecule has 19 heavy (non-hydrogen) atoms. The van der Waals surface area contributed by atoms with Crippen LogP contribution in [0.1, 0.15) is 29.6 Å². The molecule has 1 aromatic carbocycles. The lowest BCUT2D eigenvalue weighted by Gasteiger charge is -2.32. The minimum absolute atomic E-state index is 0.0600. The lowest BCUT2D eigenvalue weighted by molar-refractivity contribution is 0.0683. The molecular weight excluding hydrogens is 267 g/mol. The highest BCUT2D eigenvalue weighted by Gasteiger charge is 2.25. The van der Waals surface area contributed by atoms with Gasteiger partial charge < -0.3 is 10.6 Å². The summed E-state index contributed by atoms with van der Waals surface area (Å²) in [5, 5.41) is 0.378. The van der Waals surface area contributed by atoms with Gasteiger partial charge >= 0.3 is 0 Å². The maximum absolute atomic E-state index is 13.6. The van der Waals surface area contributed by atoms with E-state index in [1.54, 1.807) is 4.90 Å². The first-order chi connectivity index (χ1) is 9.11. The van der Waals surface area contributed by atoms with Gasteiger partial charge in [-0.25, -0.2) is 4.39 Å². The highest BCUT2D eigenvalue weighted by molar-refractivity contribution is 6.31. The van der Waals surface area contributed by atoms with E-state index in [0.717, 1.165) is 19.3 Å². The zero-order valence-corrected chi connectivity index (χ0v) is 11.5. The molecule has 0 spiro atoms. The van der Waals surface area contributed by atoms with E-state index >= 15 is 0 Å². The van der Waals surface area contributed by atoms with Gasteiger partial charge in [0.2, 0.25) is 0 Å². The molecule has 0 atom stereocenters. The average molecular weight is 285 g/mol. The van der Waals surface area contributed by atoms with Crippen LogP contribution in [-0.4, -0.2) is 30.4 Å². The smallest absolute Gasteiger partial charge is 0.256 e. The van der Waals surface area contributed by atoms with Gasteiger partial charge in [0.25, 0.3) is 5.91 Å². The van der Waals surface area contributed by atoms with Crippen LogP contribution in [0.15, 0.2) is 18.2 Å². The molecule has 0 unspecified atom stereocenters. The Morgan fingerprint density at radius 2 is 2.11 bits per heavy atom. The van der Waals surface area contributed by atoms with Crippen molar-refractivity contribution >= 4 is 17.5 Å². The van der Waals surface area contributed by atoms with Crippen molar-refractivity contribution in [1.29, 1.82) is 0 Å². The summed E-state index contributed by atoms with van der Waals surface area (Å²) in [7, 11) is 0. The fraction of sp³-hybridized carbons (Fsp3) is 0.500. The summed E-state index contributed by atoms with van der Waals surface area (Å²) >= 11 is 5.81. The van der Waals surface area contributed by atoms with Crippen molar-refractivity contribution in [2.75, 3.05) is 19.6 Å². The first kappa shape index (κ1) is 14.3. The fourth-order valence-corrected chi connectivity index (χ4v) is 2.66. The molecule has 0 aliphatic carbocycles. The number of nitrogens with zero attached hydrogens (tertiary/aromatic N) is 1. The molecule has 104 valence electrons. The van der Waals surface area contributed by atoms with E-state index in [2.05, 4.69) is 0 Å². The number of rotatable bonds is 3. The molecule has 1 aliphatic rings. The van der Waals surface area contributed by atoms with Crippen LogP contribution in [0, 0.1) is 11.7 Å². The van der Waals surface area contributed by atoms with Crippen molar-refractivity contribution in [2.24, 2.45) is 11.7 Å². The molecule has 1 saturated heterocycles. The Bertz CT molecular complexity index is 459. The van der Waals surface area contributed by atoms with E-state index in [-0.39, 0.29) is 11.5 Å². The highest BCUT2D eigenvalue weighted by Crippen LogP contribution is 2.23. The van der Waals surface area contributed by atoms with Crippen molar-refractivity contribution in [3.05, 3.63) is 34.6 Å². The minimum Gasteiger partial charge on any atom is -0.339 e. The number of hydrogen-bond donors (Lipinski definition) is 1. The van der Waals surface area contributed by atoms with E-state index in [1.807, 2.05) is 0 Å². The predicted molar refractivity (Wildman–Crippen MR) is 73.7 cm³/mol. The largest absolute Gasteiger partial charge is 0.339 e. The van der Waals surface area contributed by atoms with Crippen LogP contribution < -0.4 is 5.73 Å². The molecule has 1 aromatic rings. The average Bonchev–Trinajstić information content (AvgIpc) is 2.42. The van der Waals surface area contributed by atoms with E-state index in [1.165, 1.54) is 18.2 Å². The van der Waals surface area contributed by atoms with E-state index in [0.29, 0.717) is 30.6 Å². The van der Waals surface area contributed by atoms with E-state index in [9.17, 15) is 9.18 Å². The summed E-state index contributed by atoms with van der Waals surface area (Å²) in [5.41, 5.74) is 5.60. The number of benzene rings is 1. The molecule has 1 fully saturated rings. The molecule has 2 rings (SSSR count). The second-order valence-electron chi connectivity index (χ2n) is 4.94. The Labute approximate surface area is 117 Å². The Morgan fingerprint density at radius 3 is 2.74 bits per heavy atom. The molecular formula is C14H18ClFN2O. The summed E-state index contributed by atoms with van der Waals surface area (Å²) < 4.78 is 13.6. The maximum atomic E-state index is 13.6.